The van der Waals surface area contributed by atoms with E-state index < -0.39 is 5.91 Å². The van der Waals surface area contributed by atoms with E-state index in [9.17, 15) is 14.7 Å². The van der Waals surface area contributed by atoms with Gasteiger partial charge < -0.3 is 19.7 Å². The number of fused-ring (bicyclic) bond motifs is 2. The lowest BCUT2D eigenvalue weighted by Crippen LogP contribution is -2.20. The van der Waals surface area contributed by atoms with Crippen LogP contribution in [0.4, 0.5) is 17.1 Å². The summed E-state index contributed by atoms with van der Waals surface area (Å²) in [6, 6.07) is 18.8. The first-order valence-electron chi connectivity index (χ1n) is 11.5. The molecule has 8 heteroatoms. The number of amides is 1. The van der Waals surface area contributed by atoms with Crippen LogP contribution in [0.3, 0.4) is 0 Å². The molecule has 0 saturated carbocycles. The van der Waals surface area contributed by atoms with Gasteiger partial charge in [0, 0.05) is 30.1 Å². The number of H-pyrrole nitrogens is 1. The van der Waals surface area contributed by atoms with Crippen LogP contribution < -0.4 is 9.64 Å². The molecule has 1 aliphatic heterocycles. The monoisotopic (exact) mass is 469 g/mol. The topological polar surface area (TPSA) is 98.5 Å². The van der Waals surface area contributed by atoms with E-state index in [-0.39, 0.29) is 17.9 Å². The maximum absolute atomic E-state index is 13.5. The SMILES string of the molecule is COc1cc(N2CCCCc3ccccc32)ccc1C(=O)[N+](=C=O)c1cccc2[nH]c(CO)nc12. The molecule has 0 radical (unpaired) electrons. The summed E-state index contributed by atoms with van der Waals surface area (Å²) in [7, 11) is 1.50. The number of aliphatic hydroxyl groups excluding tert-OH is 1. The van der Waals surface area contributed by atoms with Gasteiger partial charge in [-0.05, 0) is 53.7 Å². The molecule has 8 nitrogen and oxygen atoms in total. The number of nitrogens with one attached hydrogen (secondary N) is 1. The molecule has 0 aliphatic carbocycles. The summed E-state index contributed by atoms with van der Waals surface area (Å²) in [4.78, 5) is 35.0. The molecule has 4 aromatic rings. The number of hydrogen-bond acceptors (Lipinski definition) is 6. The normalized spacial score (nSPS) is 13.1. The maximum atomic E-state index is 13.5. The largest absolute Gasteiger partial charge is 0.496 e. The molecule has 176 valence electrons. The first kappa shape index (κ1) is 22.5. The van der Waals surface area contributed by atoms with Crippen molar-refractivity contribution in [1.29, 1.82) is 0 Å². The van der Waals surface area contributed by atoms with E-state index in [0.717, 1.165) is 41.8 Å². The number of aliphatic hydroxyl groups is 1. The average Bonchev–Trinajstić information content (AvgIpc) is 3.21. The predicted molar refractivity (Wildman–Crippen MR) is 131 cm³/mol. The van der Waals surface area contributed by atoms with Gasteiger partial charge in [0.1, 0.15) is 23.7 Å². The van der Waals surface area contributed by atoms with E-state index in [2.05, 4.69) is 33.1 Å². The van der Waals surface area contributed by atoms with E-state index in [4.69, 9.17) is 4.74 Å². The average molecular weight is 470 g/mol. The number of ether oxygens (including phenoxy) is 1. The lowest BCUT2D eigenvalue weighted by molar-refractivity contribution is -0.330. The smallest absolute Gasteiger partial charge is 0.440 e. The molecule has 1 aromatic heterocycles. The van der Waals surface area contributed by atoms with Crippen LogP contribution in [0.5, 0.6) is 5.75 Å². The van der Waals surface area contributed by atoms with Gasteiger partial charge in [-0.15, -0.1) is 0 Å². The number of nitrogens with zero attached hydrogens (tertiary/aromatic N) is 3. The lowest BCUT2D eigenvalue weighted by Gasteiger charge is -2.25. The highest BCUT2D eigenvalue weighted by Gasteiger charge is 2.31. The molecular formula is C27H25N4O4+. The molecule has 0 atom stereocenters. The van der Waals surface area contributed by atoms with Crippen LogP contribution in [0, 0.1) is 0 Å². The van der Waals surface area contributed by atoms with E-state index in [0.29, 0.717) is 22.6 Å². The number of carbonyl (C=O) groups excluding carboxylic acids is 2. The predicted octanol–water partition coefficient (Wildman–Crippen LogP) is 4.36. The summed E-state index contributed by atoms with van der Waals surface area (Å²) >= 11 is 0. The van der Waals surface area contributed by atoms with E-state index >= 15 is 0 Å². The molecule has 0 saturated heterocycles. The van der Waals surface area contributed by atoms with Gasteiger partial charge in [0.15, 0.2) is 5.52 Å². The highest BCUT2D eigenvalue weighted by molar-refractivity contribution is 5.97. The van der Waals surface area contributed by atoms with Crippen molar-refractivity contribution in [2.75, 3.05) is 18.6 Å². The Balaban J connectivity index is 1.54. The third-order valence-electron chi connectivity index (χ3n) is 6.31. The molecule has 5 rings (SSSR count). The number of carbonyl (C=O) groups is 1. The number of hydrogen-bond donors (Lipinski definition) is 2. The zero-order chi connectivity index (χ0) is 24.4. The molecule has 0 bridgehead atoms. The number of anilines is 2. The van der Waals surface area contributed by atoms with Crippen molar-refractivity contribution >= 4 is 40.1 Å². The quantitative estimate of drug-likeness (QED) is 0.256. The Bertz CT molecular complexity index is 1470. The number of aryl methyl sites for hydroxylation is 1. The van der Waals surface area contributed by atoms with Gasteiger partial charge in [0.05, 0.1) is 12.6 Å². The Morgan fingerprint density at radius 2 is 2.03 bits per heavy atom. The molecule has 2 N–H and O–H groups in total. The summed E-state index contributed by atoms with van der Waals surface area (Å²) in [6.07, 6.45) is 4.93. The molecule has 2 heterocycles. The van der Waals surface area contributed by atoms with Crippen molar-refractivity contribution in [3.05, 3.63) is 77.6 Å². The Hall–Kier alpha value is -4.26. The minimum atomic E-state index is -0.583. The minimum absolute atomic E-state index is 0.234. The summed E-state index contributed by atoms with van der Waals surface area (Å²) in [6.45, 7) is 0.567. The van der Waals surface area contributed by atoms with Gasteiger partial charge in [-0.3, -0.25) is 0 Å². The van der Waals surface area contributed by atoms with E-state index in [1.54, 1.807) is 30.3 Å². The lowest BCUT2D eigenvalue weighted by atomic mass is 10.1. The highest BCUT2D eigenvalue weighted by Crippen LogP contribution is 2.36. The van der Waals surface area contributed by atoms with Gasteiger partial charge in [-0.2, -0.15) is 4.79 Å². The van der Waals surface area contributed by atoms with Gasteiger partial charge in [0.2, 0.25) is 0 Å². The van der Waals surface area contributed by atoms with E-state index in [1.807, 2.05) is 18.2 Å². The molecule has 1 amide bonds. The second kappa shape index (κ2) is 9.54. The highest BCUT2D eigenvalue weighted by atomic mass is 16.5. The number of methoxy groups -OCH3 is 1. The summed E-state index contributed by atoms with van der Waals surface area (Å²) in [5.74, 6) is 0.117. The summed E-state index contributed by atoms with van der Waals surface area (Å²) < 4.78 is 6.49. The van der Waals surface area contributed by atoms with Crippen LogP contribution in [0.15, 0.2) is 60.7 Å². The molecule has 0 fully saturated rings. The number of aromatic nitrogens is 2. The number of isocyanates is 1. The standard InChI is InChI=1S/C27H25N4O4/c1-35-24-15-19(30-14-5-4-8-18-7-2-3-10-22(18)30)12-13-20(24)27(34)31(17-33)23-11-6-9-21-26(23)29-25(16-32)28-21/h2-3,6-7,9-13,15,32H,4-5,8,14,16H2,1H3,(H,28,29)/q+1. The van der Waals surface area contributed by atoms with Gasteiger partial charge in [-0.25, -0.2) is 9.78 Å². The molecular weight excluding hydrogens is 444 g/mol. The maximum Gasteiger partial charge on any atom is 0.440 e. The number of rotatable bonds is 5. The third-order valence-corrected chi connectivity index (χ3v) is 6.31. The zero-order valence-corrected chi connectivity index (χ0v) is 19.3. The van der Waals surface area contributed by atoms with Crippen molar-refractivity contribution < 1.29 is 24.0 Å². The first-order chi connectivity index (χ1) is 17.1. The van der Waals surface area contributed by atoms with E-state index in [1.165, 1.54) is 12.7 Å². The molecule has 1 aliphatic rings. The van der Waals surface area contributed by atoms with Gasteiger partial charge >= 0.3 is 12.0 Å². The van der Waals surface area contributed by atoms with Crippen LogP contribution in [-0.4, -0.2) is 45.3 Å². The summed E-state index contributed by atoms with van der Waals surface area (Å²) in [5.41, 5.74) is 4.85. The summed E-state index contributed by atoms with van der Waals surface area (Å²) in [5, 5.41) is 9.42. The third kappa shape index (κ3) is 4.10. The van der Waals surface area contributed by atoms with Gasteiger partial charge in [-0.1, -0.05) is 24.3 Å². The Labute approximate surface area is 202 Å². The fourth-order valence-corrected chi connectivity index (χ4v) is 4.63. The zero-order valence-electron chi connectivity index (χ0n) is 19.3. The Kier molecular flexibility index (Phi) is 6.14. The van der Waals surface area contributed by atoms with Gasteiger partial charge in [0.25, 0.3) is 5.69 Å². The number of benzene rings is 3. The van der Waals surface area contributed by atoms with Crippen LogP contribution >= 0.6 is 0 Å². The molecule has 35 heavy (non-hydrogen) atoms. The van der Waals surface area contributed by atoms with Crippen LogP contribution in [-0.2, 0) is 17.8 Å². The van der Waals surface area contributed by atoms with Crippen LogP contribution in [0.2, 0.25) is 0 Å². The van der Waals surface area contributed by atoms with Crippen molar-refractivity contribution in [1.82, 2.24) is 9.97 Å². The van der Waals surface area contributed by atoms with Crippen LogP contribution in [0.25, 0.3) is 11.0 Å². The van der Waals surface area contributed by atoms with Crippen molar-refractivity contribution in [2.45, 2.75) is 25.9 Å². The Morgan fingerprint density at radius 3 is 2.83 bits per heavy atom. The fourth-order valence-electron chi connectivity index (χ4n) is 4.63. The first-order valence-corrected chi connectivity index (χ1v) is 11.5. The van der Waals surface area contributed by atoms with Crippen molar-refractivity contribution in [3.63, 3.8) is 0 Å². The second-order valence-corrected chi connectivity index (χ2v) is 8.37. The van der Waals surface area contributed by atoms with Crippen molar-refractivity contribution in [2.24, 2.45) is 0 Å². The van der Waals surface area contributed by atoms with Crippen LogP contribution in [0.1, 0.15) is 34.6 Å². The number of imidazole rings is 1. The van der Waals surface area contributed by atoms with Crippen molar-refractivity contribution in [3.8, 4) is 5.75 Å². The Morgan fingerprint density at radius 1 is 1.17 bits per heavy atom. The molecule has 3 aromatic carbocycles. The molecule has 0 unspecified atom stereocenters. The second-order valence-electron chi connectivity index (χ2n) is 8.37. The number of aromatic amines is 1. The fraction of sp³-hybridized carbons (Fsp3) is 0.222. The molecule has 0 spiro atoms. The number of para-hydroxylation sites is 2. The minimum Gasteiger partial charge on any atom is -0.496 e.